The predicted octanol–water partition coefficient (Wildman–Crippen LogP) is 4.01. The molecule has 0 unspecified atom stereocenters. The molecule has 0 heteroatoms. The van der Waals surface area contributed by atoms with Gasteiger partial charge in [-0.1, -0.05) is 36.5 Å². The Balaban J connectivity index is 2.30. The third-order valence-electron chi connectivity index (χ3n) is 2.01. The quantitative estimate of drug-likeness (QED) is 0.472. The topological polar surface area (TPSA) is 0 Å². The summed E-state index contributed by atoms with van der Waals surface area (Å²) >= 11 is 0. The van der Waals surface area contributed by atoms with Crippen LogP contribution in [0.5, 0.6) is 0 Å². The van der Waals surface area contributed by atoms with Crippen molar-refractivity contribution in [2.24, 2.45) is 0 Å². The first-order valence-electron chi connectivity index (χ1n) is 4.95. The molecule has 0 spiro atoms. The van der Waals surface area contributed by atoms with Crippen LogP contribution in [0, 0.1) is 0 Å². The summed E-state index contributed by atoms with van der Waals surface area (Å²) in [6.07, 6.45) is 21.0. The van der Waals surface area contributed by atoms with E-state index in [0.717, 1.165) is 6.42 Å². The number of allylic oxidation sites excluding steroid dienone is 6. The van der Waals surface area contributed by atoms with Crippen LogP contribution >= 0.6 is 0 Å². The van der Waals surface area contributed by atoms with E-state index >= 15 is 0 Å². The van der Waals surface area contributed by atoms with Gasteiger partial charge in [0.1, 0.15) is 0 Å². The lowest BCUT2D eigenvalue weighted by Crippen LogP contribution is -1.72. The van der Waals surface area contributed by atoms with Crippen LogP contribution in [-0.4, -0.2) is 0 Å². The molecule has 0 nitrogen and oxygen atoms in total. The summed E-state index contributed by atoms with van der Waals surface area (Å²) in [6, 6.07) is 0. The molecule has 66 valence electrons. The molecule has 0 fully saturated rings. The zero-order valence-corrected chi connectivity index (χ0v) is 7.71. The Morgan fingerprint density at radius 1 is 0.500 bits per heavy atom. The third kappa shape index (κ3) is 4.95. The first-order chi connectivity index (χ1) is 6.00. The summed E-state index contributed by atoms with van der Waals surface area (Å²) in [5.74, 6) is 0. The second-order valence-corrected chi connectivity index (χ2v) is 3.16. The molecule has 1 rings (SSSR count). The molecule has 0 aromatic rings. The molecule has 1 aliphatic rings. The van der Waals surface area contributed by atoms with Crippen LogP contribution in [0.4, 0.5) is 0 Å². The Bertz CT molecular complexity index is 172. The minimum Gasteiger partial charge on any atom is -0.0885 e. The second kappa shape index (κ2) is 6.90. The monoisotopic (exact) mass is 162 g/mol. The zero-order chi connectivity index (χ0) is 8.49. The van der Waals surface area contributed by atoms with Crippen molar-refractivity contribution in [3.05, 3.63) is 36.5 Å². The number of rotatable bonds is 0. The van der Waals surface area contributed by atoms with Gasteiger partial charge in [-0.05, 0) is 38.5 Å². The van der Waals surface area contributed by atoms with Crippen LogP contribution in [0.2, 0.25) is 0 Å². The van der Waals surface area contributed by atoms with Crippen molar-refractivity contribution in [1.29, 1.82) is 0 Å². The summed E-state index contributed by atoms with van der Waals surface area (Å²) in [5, 5.41) is 0. The molecule has 0 atom stereocenters. The highest BCUT2D eigenvalue weighted by Gasteiger charge is 1.82. The Morgan fingerprint density at radius 2 is 1.00 bits per heavy atom. The van der Waals surface area contributed by atoms with E-state index in [1.807, 2.05) is 0 Å². The summed E-state index contributed by atoms with van der Waals surface area (Å²) in [7, 11) is 0. The standard InChI is InChI=1S/C12H18/c1-2-4-6-8-10-12-11-9-7-5-3-1/h1-2,5,7-8,10H,3-4,6,9,11-12H2/b2-1-,7-5-,10-8-. The lowest BCUT2D eigenvalue weighted by Gasteiger charge is -1.92. The van der Waals surface area contributed by atoms with Gasteiger partial charge in [0.25, 0.3) is 0 Å². The first kappa shape index (κ1) is 9.31. The zero-order valence-electron chi connectivity index (χ0n) is 7.71. The van der Waals surface area contributed by atoms with Gasteiger partial charge in [0.2, 0.25) is 0 Å². The van der Waals surface area contributed by atoms with E-state index in [9.17, 15) is 0 Å². The molecule has 0 amide bonds. The largest absolute Gasteiger partial charge is 0.0885 e. The van der Waals surface area contributed by atoms with E-state index in [2.05, 4.69) is 36.5 Å². The lowest BCUT2D eigenvalue weighted by molar-refractivity contribution is 0.859. The average molecular weight is 162 g/mol. The first-order valence-corrected chi connectivity index (χ1v) is 4.95. The molecular formula is C12H18. The van der Waals surface area contributed by atoms with Gasteiger partial charge in [0, 0.05) is 0 Å². The van der Waals surface area contributed by atoms with Crippen molar-refractivity contribution in [2.45, 2.75) is 38.5 Å². The molecular weight excluding hydrogens is 144 g/mol. The molecule has 0 bridgehead atoms. The molecule has 0 saturated carbocycles. The van der Waals surface area contributed by atoms with Crippen molar-refractivity contribution in [3.8, 4) is 0 Å². The molecule has 12 heavy (non-hydrogen) atoms. The summed E-state index contributed by atoms with van der Waals surface area (Å²) in [6.45, 7) is 0. The molecule has 0 saturated heterocycles. The van der Waals surface area contributed by atoms with Crippen molar-refractivity contribution < 1.29 is 0 Å². The SMILES string of the molecule is C1=C\CC/C=C\CCC/C=C\C/1. The number of hydrogen-bond acceptors (Lipinski definition) is 0. The van der Waals surface area contributed by atoms with Gasteiger partial charge in [-0.3, -0.25) is 0 Å². The molecule has 1 aliphatic carbocycles. The van der Waals surface area contributed by atoms with E-state index < -0.39 is 0 Å². The van der Waals surface area contributed by atoms with E-state index in [4.69, 9.17) is 0 Å². The molecule has 0 heterocycles. The van der Waals surface area contributed by atoms with Crippen molar-refractivity contribution in [2.75, 3.05) is 0 Å². The normalized spacial score (nSPS) is 28.0. The van der Waals surface area contributed by atoms with Crippen molar-refractivity contribution >= 4 is 0 Å². The van der Waals surface area contributed by atoms with Crippen LogP contribution in [-0.2, 0) is 0 Å². The maximum Gasteiger partial charge on any atom is -0.0169 e. The Hall–Kier alpha value is -0.780. The van der Waals surface area contributed by atoms with Crippen LogP contribution in [0.1, 0.15) is 38.5 Å². The van der Waals surface area contributed by atoms with Gasteiger partial charge in [-0.25, -0.2) is 0 Å². The fourth-order valence-electron chi connectivity index (χ4n) is 1.29. The highest BCUT2D eigenvalue weighted by molar-refractivity contribution is 4.95. The highest BCUT2D eigenvalue weighted by atomic mass is 13.9. The molecule has 0 radical (unpaired) electrons. The maximum atomic E-state index is 2.31. The van der Waals surface area contributed by atoms with E-state index in [1.165, 1.54) is 32.1 Å². The minimum atomic E-state index is 1.11. The summed E-state index contributed by atoms with van der Waals surface area (Å²) in [4.78, 5) is 0. The van der Waals surface area contributed by atoms with Crippen LogP contribution in [0.25, 0.3) is 0 Å². The molecule has 0 N–H and O–H groups in total. The Morgan fingerprint density at radius 3 is 1.75 bits per heavy atom. The molecule has 0 aromatic heterocycles. The van der Waals surface area contributed by atoms with Gasteiger partial charge in [0.15, 0.2) is 0 Å². The predicted molar refractivity (Wildman–Crippen MR) is 55.1 cm³/mol. The van der Waals surface area contributed by atoms with Crippen LogP contribution in [0.15, 0.2) is 36.5 Å². The molecule has 0 aromatic carbocycles. The Labute approximate surface area is 75.7 Å². The third-order valence-corrected chi connectivity index (χ3v) is 2.01. The molecule has 0 aliphatic heterocycles. The number of hydrogen-bond donors (Lipinski definition) is 0. The smallest absolute Gasteiger partial charge is 0.0169 e. The average Bonchev–Trinajstić information content (AvgIpc) is 2.05. The fourth-order valence-corrected chi connectivity index (χ4v) is 1.29. The second-order valence-electron chi connectivity index (χ2n) is 3.16. The fraction of sp³-hybridized carbons (Fsp3) is 0.500. The summed E-state index contributed by atoms with van der Waals surface area (Å²) in [5.41, 5.74) is 0. The van der Waals surface area contributed by atoms with Gasteiger partial charge < -0.3 is 0 Å². The van der Waals surface area contributed by atoms with E-state index in [0.29, 0.717) is 0 Å². The van der Waals surface area contributed by atoms with Crippen LogP contribution in [0.3, 0.4) is 0 Å². The van der Waals surface area contributed by atoms with Gasteiger partial charge in [-0.15, -0.1) is 0 Å². The van der Waals surface area contributed by atoms with Crippen molar-refractivity contribution in [3.63, 3.8) is 0 Å². The van der Waals surface area contributed by atoms with Gasteiger partial charge in [0.05, 0.1) is 0 Å². The van der Waals surface area contributed by atoms with Gasteiger partial charge in [-0.2, -0.15) is 0 Å². The minimum absolute atomic E-state index is 1.11. The van der Waals surface area contributed by atoms with E-state index in [-0.39, 0.29) is 0 Å². The van der Waals surface area contributed by atoms with Crippen molar-refractivity contribution in [1.82, 2.24) is 0 Å². The van der Waals surface area contributed by atoms with E-state index in [1.54, 1.807) is 0 Å². The van der Waals surface area contributed by atoms with Crippen LogP contribution < -0.4 is 0 Å². The summed E-state index contributed by atoms with van der Waals surface area (Å²) < 4.78 is 0. The highest BCUT2D eigenvalue weighted by Crippen LogP contribution is 2.03. The lowest BCUT2D eigenvalue weighted by atomic mass is 10.1. The van der Waals surface area contributed by atoms with Gasteiger partial charge >= 0.3 is 0 Å². The Kier molecular flexibility index (Phi) is 5.35. The maximum absolute atomic E-state index is 2.31.